The molecule has 1 heterocycles. The van der Waals surface area contributed by atoms with Gasteiger partial charge in [0.05, 0.1) is 18.7 Å². The van der Waals surface area contributed by atoms with E-state index in [0.29, 0.717) is 48.6 Å². The van der Waals surface area contributed by atoms with Crippen LogP contribution in [0.4, 0.5) is 5.69 Å². The number of benzene rings is 4. The third-order valence-corrected chi connectivity index (χ3v) is 14.8. The SMILES string of the molecule is COC(=O)C(O)(c1ccccc1)c1cccc(NC(=O)CCCCNC[C@H](O[Si](C)(C)C(C)(C)C)c2ccc(OCc3ccccc3)c3[nH]c(=O)ccc23)c1. The minimum atomic E-state index is -2.23. The summed E-state index contributed by atoms with van der Waals surface area (Å²) in [4.78, 5) is 41.3. The van der Waals surface area contributed by atoms with Gasteiger partial charge in [-0.1, -0.05) is 99.6 Å². The molecule has 0 radical (unpaired) electrons. The van der Waals surface area contributed by atoms with Gasteiger partial charge in [-0.3, -0.25) is 9.59 Å². The van der Waals surface area contributed by atoms with Gasteiger partial charge in [0.15, 0.2) is 8.32 Å². The lowest BCUT2D eigenvalue weighted by atomic mass is 9.86. The summed E-state index contributed by atoms with van der Waals surface area (Å²) >= 11 is 0. The van der Waals surface area contributed by atoms with Crippen molar-refractivity contribution in [2.24, 2.45) is 0 Å². The predicted octanol–water partition coefficient (Wildman–Crippen LogP) is 7.98. The number of ether oxygens (including phenoxy) is 2. The second-order valence-corrected chi connectivity index (χ2v) is 20.0. The third-order valence-electron chi connectivity index (χ3n) is 10.3. The molecule has 4 aromatic carbocycles. The van der Waals surface area contributed by atoms with E-state index in [-0.39, 0.29) is 34.6 Å². The average Bonchev–Trinajstić information content (AvgIpc) is 3.17. The van der Waals surface area contributed by atoms with Crippen LogP contribution in [0.1, 0.15) is 68.4 Å². The Morgan fingerprint density at radius 1 is 0.855 bits per heavy atom. The van der Waals surface area contributed by atoms with Crippen LogP contribution in [0.25, 0.3) is 10.9 Å². The van der Waals surface area contributed by atoms with Crippen LogP contribution in [-0.4, -0.2) is 50.5 Å². The fourth-order valence-corrected chi connectivity index (χ4v) is 7.45. The Kier molecular flexibility index (Phi) is 13.5. The van der Waals surface area contributed by atoms with E-state index in [2.05, 4.69) is 49.5 Å². The molecule has 290 valence electrons. The van der Waals surface area contributed by atoms with Crippen LogP contribution >= 0.6 is 0 Å². The van der Waals surface area contributed by atoms with E-state index in [1.54, 1.807) is 54.6 Å². The number of aliphatic hydroxyl groups is 1. The first-order valence-electron chi connectivity index (χ1n) is 18.7. The molecule has 10 nitrogen and oxygen atoms in total. The number of aromatic amines is 1. The Labute approximate surface area is 324 Å². The quantitative estimate of drug-likeness (QED) is 0.0425. The van der Waals surface area contributed by atoms with Crippen molar-refractivity contribution in [2.45, 2.75) is 76.5 Å². The van der Waals surface area contributed by atoms with E-state index in [1.165, 1.54) is 13.2 Å². The van der Waals surface area contributed by atoms with Gasteiger partial charge in [-0.15, -0.1) is 0 Å². The number of nitrogens with one attached hydrogen (secondary N) is 3. The molecule has 0 aliphatic carbocycles. The number of anilines is 1. The van der Waals surface area contributed by atoms with Gasteiger partial charge < -0.3 is 34.6 Å². The zero-order valence-corrected chi connectivity index (χ0v) is 33.6. The van der Waals surface area contributed by atoms with Crippen LogP contribution in [0.2, 0.25) is 18.1 Å². The summed E-state index contributed by atoms with van der Waals surface area (Å²) in [6, 6.07) is 32.4. The van der Waals surface area contributed by atoms with Crippen LogP contribution in [0.5, 0.6) is 5.75 Å². The summed E-state index contributed by atoms with van der Waals surface area (Å²) in [5.74, 6) is -0.396. The average molecular weight is 764 g/mol. The smallest absolute Gasteiger partial charge is 0.347 e. The third kappa shape index (κ3) is 10.2. The molecule has 0 fully saturated rings. The normalized spacial score (nSPS) is 13.5. The number of amides is 1. The van der Waals surface area contributed by atoms with Gasteiger partial charge in [0.2, 0.25) is 17.1 Å². The molecule has 0 bridgehead atoms. The summed E-state index contributed by atoms with van der Waals surface area (Å²) in [7, 11) is -1.00. The Hall–Kier alpha value is -5.07. The molecule has 1 amide bonds. The number of carbonyl (C=O) groups is 2. The van der Waals surface area contributed by atoms with E-state index in [0.717, 1.165) is 22.9 Å². The molecule has 55 heavy (non-hydrogen) atoms. The molecule has 0 saturated heterocycles. The molecular weight excluding hydrogens is 711 g/mol. The van der Waals surface area contributed by atoms with E-state index in [4.69, 9.17) is 13.9 Å². The van der Waals surface area contributed by atoms with Crippen molar-refractivity contribution in [3.63, 3.8) is 0 Å². The first-order valence-corrected chi connectivity index (χ1v) is 21.6. The summed E-state index contributed by atoms with van der Waals surface area (Å²) < 4.78 is 18.2. The molecule has 0 aliphatic rings. The van der Waals surface area contributed by atoms with Crippen LogP contribution < -0.4 is 20.9 Å². The molecule has 5 aromatic rings. The first-order chi connectivity index (χ1) is 26.2. The van der Waals surface area contributed by atoms with E-state index in [9.17, 15) is 19.5 Å². The van der Waals surface area contributed by atoms with Crippen LogP contribution in [-0.2, 0) is 31.0 Å². The lowest BCUT2D eigenvalue weighted by molar-refractivity contribution is -0.158. The van der Waals surface area contributed by atoms with Crippen molar-refractivity contribution in [1.82, 2.24) is 10.3 Å². The van der Waals surface area contributed by atoms with Crippen molar-refractivity contribution in [1.29, 1.82) is 0 Å². The number of methoxy groups -OCH3 is 1. The number of hydrogen-bond acceptors (Lipinski definition) is 8. The van der Waals surface area contributed by atoms with Gasteiger partial charge in [-0.25, -0.2) is 4.79 Å². The number of rotatable bonds is 17. The minimum Gasteiger partial charge on any atom is -0.487 e. The highest BCUT2D eigenvalue weighted by molar-refractivity contribution is 6.74. The second kappa shape index (κ2) is 18.0. The fourth-order valence-electron chi connectivity index (χ4n) is 6.18. The second-order valence-electron chi connectivity index (χ2n) is 15.3. The number of aromatic nitrogens is 1. The van der Waals surface area contributed by atoms with Gasteiger partial charge in [0, 0.05) is 35.7 Å². The maximum Gasteiger partial charge on any atom is 0.347 e. The molecular formula is C44H53N3O7Si. The van der Waals surface area contributed by atoms with Gasteiger partial charge >= 0.3 is 5.97 Å². The summed E-state index contributed by atoms with van der Waals surface area (Å²) in [5, 5.41) is 18.8. The molecule has 0 aliphatic heterocycles. The zero-order chi connectivity index (χ0) is 39.6. The number of carbonyl (C=O) groups excluding carboxylic acids is 2. The highest BCUT2D eigenvalue weighted by Crippen LogP contribution is 2.41. The summed E-state index contributed by atoms with van der Waals surface area (Å²) in [6.45, 7) is 12.7. The van der Waals surface area contributed by atoms with Crippen molar-refractivity contribution < 1.29 is 28.6 Å². The van der Waals surface area contributed by atoms with Crippen molar-refractivity contribution >= 4 is 36.8 Å². The van der Waals surface area contributed by atoms with E-state index in [1.807, 2.05) is 48.5 Å². The molecule has 1 unspecified atom stereocenters. The van der Waals surface area contributed by atoms with E-state index >= 15 is 0 Å². The van der Waals surface area contributed by atoms with Crippen molar-refractivity contribution in [2.75, 3.05) is 25.5 Å². The first kappa shape index (κ1) is 41.1. The highest BCUT2D eigenvalue weighted by atomic mass is 28.4. The Balaban J connectivity index is 1.22. The van der Waals surface area contributed by atoms with Crippen molar-refractivity contribution in [3.05, 3.63) is 142 Å². The maximum atomic E-state index is 13.0. The van der Waals surface area contributed by atoms with Gasteiger partial charge in [-0.2, -0.15) is 0 Å². The molecule has 5 rings (SSSR count). The van der Waals surface area contributed by atoms with Crippen LogP contribution in [0.15, 0.2) is 114 Å². The van der Waals surface area contributed by atoms with Crippen molar-refractivity contribution in [3.8, 4) is 5.75 Å². The Morgan fingerprint density at radius 2 is 1.55 bits per heavy atom. The number of H-pyrrole nitrogens is 1. The minimum absolute atomic E-state index is 0.0273. The van der Waals surface area contributed by atoms with Gasteiger partial charge in [-0.05, 0) is 78.5 Å². The molecule has 0 saturated carbocycles. The lowest BCUT2D eigenvalue weighted by Gasteiger charge is -2.39. The molecule has 0 spiro atoms. The predicted molar refractivity (Wildman–Crippen MR) is 220 cm³/mol. The summed E-state index contributed by atoms with van der Waals surface area (Å²) in [6.07, 6.45) is 1.38. The zero-order valence-electron chi connectivity index (χ0n) is 32.6. The largest absolute Gasteiger partial charge is 0.487 e. The number of unbranched alkanes of at least 4 members (excludes halogenated alkanes) is 1. The fraction of sp³-hybridized carbons (Fsp3) is 0.341. The molecule has 2 atom stereocenters. The van der Waals surface area contributed by atoms with Crippen LogP contribution in [0, 0.1) is 0 Å². The highest BCUT2D eigenvalue weighted by Gasteiger charge is 2.42. The number of fused-ring (bicyclic) bond motifs is 1. The van der Waals surface area contributed by atoms with E-state index < -0.39 is 19.9 Å². The number of hydrogen-bond donors (Lipinski definition) is 4. The Bertz CT molecular complexity index is 2120. The van der Waals surface area contributed by atoms with Gasteiger partial charge in [0.1, 0.15) is 12.4 Å². The maximum absolute atomic E-state index is 13.0. The van der Waals surface area contributed by atoms with Crippen LogP contribution in [0.3, 0.4) is 0 Å². The standard InChI is InChI=1S/C44H53N3O7Si/c1-43(2,3)55(5,6)54-38(35-23-25-37(41-36(35)24-26-40(49)47-41)53-30-31-16-9-7-10-17-31)29-45-27-14-13-22-39(48)46-34-21-15-20-33(28-34)44(51,42(50)52-4)32-18-11-8-12-19-32/h7-12,15-21,23-26,28,38,45,51H,13-14,22,27,29-30H2,1-6H3,(H,46,48)(H,47,49)/t38-,44?/m0/s1. The number of esters is 1. The number of pyridine rings is 1. The monoisotopic (exact) mass is 763 g/mol. The molecule has 1 aromatic heterocycles. The van der Waals surface area contributed by atoms with Gasteiger partial charge in [0.25, 0.3) is 0 Å². The Morgan fingerprint density at radius 3 is 2.24 bits per heavy atom. The topological polar surface area (TPSA) is 139 Å². The molecule has 4 N–H and O–H groups in total. The lowest BCUT2D eigenvalue weighted by Crippen LogP contribution is -2.43. The summed E-state index contributed by atoms with van der Waals surface area (Å²) in [5.41, 5.74) is 1.50. The molecule has 11 heteroatoms.